The normalized spacial score (nSPS) is 11.0. The number of nitrogens with zero attached hydrogens (tertiary/aromatic N) is 1. The molecule has 0 aliphatic carbocycles. The van der Waals surface area contributed by atoms with Crippen LogP contribution in [0.4, 0.5) is 5.69 Å². The molecule has 29 heavy (non-hydrogen) atoms. The molecule has 3 aromatic carbocycles. The van der Waals surface area contributed by atoms with Crippen molar-refractivity contribution in [1.29, 1.82) is 0 Å². The molecule has 0 fully saturated rings. The van der Waals surface area contributed by atoms with E-state index in [1.54, 1.807) is 18.2 Å². The van der Waals surface area contributed by atoms with E-state index in [-0.39, 0.29) is 18.2 Å². The first kappa shape index (κ1) is 20.5. The van der Waals surface area contributed by atoms with Crippen LogP contribution in [0.2, 0.25) is 0 Å². The lowest BCUT2D eigenvalue weighted by Gasteiger charge is -2.09. The van der Waals surface area contributed by atoms with Crippen LogP contribution in [0, 0.1) is 0 Å². The monoisotopic (exact) mass is 449 g/mol. The summed E-state index contributed by atoms with van der Waals surface area (Å²) in [5.41, 5.74) is 5.33. The number of anilines is 1. The van der Waals surface area contributed by atoms with Crippen molar-refractivity contribution in [2.45, 2.75) is 12.8 Å². The molecule has 5 nitrogen and oxygen atoms in total. The van der Waals surface area contributed by atoms with Gasteiger partial charge in [-0.25, -0.2) is 5.43 Å². The Morgan fingerprint density at radius 3 is 2.14 bits per heavy atom. The summed E-state index contributed by atoms with van der Waals surface area (Å²) < 4.78 is 0.815. The molecule has 146 valence electrons. The van der Waals surface area contributed by atoms with Crippen molar-refractivity contribution >= 4 is 39.1 Å². The molecule has 3 aromatic rings. The second-order valence-corrected chi connectivity index (χ2v) is 7.21. The van der Waals surface area contributed by atoms with Crippen molar-refractivity contribution in [1.82, 2.24) is 5.43 Å². The number of halogens is 1. The molecule has 0 atom stereocenters. The summed E-state index contributed by atoms with van der Waals surface area (Å²) in [7, 11) is 0. The Bertz CT molecular complexity index is 1000. The summed E-state index contributed by atoms with van der Waals surface area (Å²) in [6.45, 7) is 0. The second kappa shape index (κ2) is 10.3. The van der Waals surface area contributed by atoms with Crippen LogP contribution in [0.1, 0.15) is 28.8 Å². The molecule has 0 aromatic heterocycles. The fraction of sp³-hybridized carbons (Fsp3) is 0.0870. The summed E-state index contributed by atoms with van der Waals surface area (Å²) in [6, 6.07) is 25.9. The lowest BCUT2D eigenvalue weighted by molar-refractivity contribution is -0.116. The molecule has 0 heterocycles. The van der Waals surface area contributed by atoms with Crippen molar-refractivity contribution in [3.8, 4) is 0 Å². The van der Waals surface area contributed by atoms with Gasteiger partial charge < -0.3 is 5.32 Å². The highest BCUT2D eigenvalue weighted by molar-refractivity contribution is 9.10. The Kier molecular flexibility index (Phi) is 7.30. The molecule has 0 radical (unpaired) electrons. The number of hydrogen-bond donors (Lipinski definition) is 2. The fourth-order valence-electron chi connectivity index (χ4n) is 2.68. The molecule has 0 saturated carbocycles. The first-order valence-corrected chi connectivity index (χ1v) is 9.94. The molecule has 2 N–H and O–H groups in total. The molecule has 0 unspecified atom stereocenters. The van der Waals surface area contributed by atoms with Crippen LogP contribution >= 0.6 is 15.9 Å². The third-order valence-electron chi connectivity index (χ3n) is 4.13. The SMILES string of the molecule is O=C(CC/C(=N/NC(=O)c1cccc(Br)c1)c1ccccc1)Nc1ccccc1. The van der Waals surface area contributed by atoms with Crippen molar-refractivity contribution in [2.75, 3.05) is 5.32 Å². The maximum Gasteiger partial charge on any atom is 0.271 e. The standard InChI is InChI=1S/C23H20BrN3O2/c24-19-11-7-10-18(16-19)23(29)27-26-21(17-8-3-1-4-9-17)14-15-22(28)25-20-12-5-2-6-13-20/h1-13,16H,14-15H2,(H,25,28)(H,27,29)/b26-21-. The average Bonchev–Trinajstić information content (AvgIpc) is 2.75. The average molecular weight is 450 g/mol. The van der Waals surface area contributed by atoms with Gasteiger partial charge >= 0.3 is 0 Å². The van der Waals surface area contributed by atoms with E-state index >= 15 is 0 Å². The number of nitrogens with one attached hydrogen (secondary N) is 2. The molecular formula is C23H20BrN3O2. The van der Waals surface area contributed by atoms with Gasteiger partial charge in [0, 0.05) is 28.6 Å². The van der Waals surface area contributed by atoms with Crippen molar-refractivity contribution < 1.29 is 9.59 Å². The van der Waals surface area contributed by atoms with Gasteiger partial charge in [0.05, 0.1) is 5.71 Å². The van der Waals surface area contributed by atoms with Gasteiger partial charge in [0.2, 0.25) is 5.91 Å². The van der Waals surface area contributed by atoms with E-state index in [0.717, 1.165) is 15.7 Å². The number of hydrazone groups is 1. The Morgan fingerprint density at radius 1 is 0.793 bits per heavy atom. The van der Waals surface area contributed by atoms with Gasteiger partial charge in [-0.3, -0.25) is 9.59 Å². The highest BCUT2D eigenvalue weighted by atomic mass is 79.9. The highest BCUT2D eigenvalue weighted by Crippen LogP contribution is 2.12. The Morgan fingerprint density at radius 2 is 1.45 bits per heavy atom. The predicted molar refractivity (Wildman–Crippen MR) is 119 cm³/mol. The molecule has 6 heteroatoms. The van der Waals surface area contributed by atoms with Crippen LogP contribution in [0.3, 0.4) is 0 Å². The molecular weight excluding hydrogens is 430 g/mol. The number of carbonyl (C=O) groups excluding carboxylic acids is 2. The summed E-state index contributed by atoms with van der Waals surface area (Å²) in [5, 5.41) is 7.16. The van der Waals surface area contributed by atoms with Gasteiger partial charge in [-0.15, -0.1) is 0 Å². The van der Waals surface area contributed by atoms with E-state index in [2.05, 4.69) is 31.8 Å². The summed E-state index contributed by atoms with van der Waals surface area (Å²) in [4.78, 5) is 24.7. The highest BCUT2D eigenvalue weighted by Gasteiger charge is 2.10. The van der Waals surface area contributed by atoms with Gasteiger partial charge in [-0.1, -0.05) is 70.5 Å². The van der Waals surface area contributed by atoms with Crippen LogP contribution in [0.15, 0.2) is 94.5 Å². The third kappa shape index (κ3) is 6.40. The zero-order valence-corrected chi connectivity index (χ0v) is 17.2. The first-order chi connectivity index (χ1) is 14.1. The molecule has 0 spiro atoms. The van der Waals surface area contributed by atoms with E-state index in [1.807, 2.05) is 66.7 Å². The van der Waals surface area contributed by atoms with Crippen molar-refractivity contribution in [2.24, 2.45) is 5.10 Å². The number of amides is 2. The smallest absolute Gasteiger partial charge is 0.271 e. The third-order valence-corrected chi connectivity index (χ3v) is 4.63. The van der Waals surface area contributed by atoms with Gasteiger partial charge in [0.15, 0.2) is 0 Å². The fourth-order valence-corrected chi connectivity index (χ4v) is 3.08. The van der Waals surface area contributed by atoms with Crippen molar-refractivity contribution in [3.63, 3.8) is 0 Å². The Hall–Kier alpha value is -3.25. The van der Waals surface area contributed by atoms with E-state index in [9.17, 15) is 9.59 Å². The summed E-state index contributed by atoms with van der Waals surface area (Å²) >= 11 is 3.35. The van der Waals surface area contributed by atoms with Gasteiger partial charge in [-0.05, 0) is 35.9 Å². The molecule has 0 bridgehead atoms. The Labute approximate surface area is 178 Å². The van der Waals surface area contributed by atoms with Crippen LogP contribution in [-0.2, 0) is 4.79 Å². The minimum absolute atomic E-state index is 0.113. The summed E-state index contributed by atoms with van der Waals surface area (Å²) in [5.74, 6) is -0.424. The van der Waals surface area contributed by atoms with E-state index in [0.29, 0.717) is 17.7 Å². The van der Waals surface area contributed by atoms with Crippen LogP contribution in [0.25, 0.3) is 0 Å². The van der Waals surface area contributed by atoms with Gasteiger partial charge in [-0.2, -0.15) is 5.10 Å². The predicted octanol–water partition coefficient (Wildman–Crippen LogP) is 5.00. The maximum atomic E-state index is 12.4. The van der Waals surface area contributed by atoms with Gasteiger partial charge in [0.25, 0.3) is 5.91 Å². The lowest BCUT2D eigenvalue weighted by Crippen LogP contribution is -2.21. The Balaban J connectivity index is 1.68. The largest absolute Gasteiger partial charge is 0.326 e. The van der Waals surface area contributed by atoms with E-state index in [4.69, 9.17) is 0 Å². The van der Waals surface area contributed by atoms with Crippen LogP contribution in [0.5, 0.6) is 0 Å². The maximum absolute atomic E-state index is 12.4. The second-order valence-electron chi connectivity index (χ2n) is 6.29. The van der Waals surface area contributed by atoms with Gasteiger partial charge in [0.1, 0.15) is 0 Å². The number of hydrogen-bond acceptors (Lipinski definition) is 3. The lowest BCUT2D eigenvalue weighted by atomic mass is 10.1. The molecule has 0 aliphatic heterocycles. The van der Waals surface area contributed by atoms with Crippen molar-refractivity contribution in [3.05, 3.63) is 101 Å². The molecule has 2 amide bonds. The number of para-hydroxylation sites is 1. The van der Waals surface area contributed by atoms with Crippen LogP contribution < -0.4 is 10.7 Å². The number of benzene rings is 3. The first-order valence-electron chi connectivity index (χ1n) is 9.14. The van der Waals surface area contributed by atoms with Crippen LogP contribution in [-0.4, -0.2) is 17.5 Å². The molecule has 3 rings (SSSR count). The minimum atomic E-state index is -0.312. The zero-order valence-electron chi connectivity index (χ0n) is 15.6. The van der Waals surface area contributed by atoms with E-state index < -0.39 is 0 Å². The molecule has 0 saturated heterocycles. The number of carbonyl (C=O) groups is 2. The molecule has 0 aliphatic rings. The topological polar surface area (TPSA) is 70.6 Å². The van der Waals surface area contributed by atoms with E-state index in [1.165, 1.54) is 0 Å². The quantitative estimate of drug-likeness (QED) is 0.393. The summed E-state index contributed by atoms with van der Waals surface area (Å²) in [6.07, 6.45) is 0.636. The zero-order chi connectivity index (χ0) is 20.5. The minimum Gasteiger partial charge on any atom is -0.326 e. The number of rotatable bonds is 7.